The third kappa shape index (κ3) is 12.8. The first kappa shape index (κ1) is 65.5. The molecule has 17 nitrogen and oxygen atoms in total. The second kappa shape index (κ2) is 26.4. The number of esters is 2. The fourth-order valence-electron chi connectivity index (χ4n) is 17.3. The van der Waals surface area contributed by atoms with Crippen LogP contribution in [0.5, 0.6) is 0 Å². The minimum atomic E-state index is -1.84. The standard InChI is InChI=1S/C48H72O14.C21H30O3/c1-11-25(2)43-28(5)17-18-47(62-43)23-34-20-33(61-47)16-15-27(4)42(26(3)13-12-14-32-24-55-45-40(49)29(6)19-35(46(51)58-34)48(32,45)52)59-39-22-37(54-10)44(31(8)57-39)60-38-21-36(53-9)41(50)30(7)56-38;1-13(22)24-15-8-10-20(2)14(12-15)4-5-16-17-6-7-19(23)21(17,3)11-9-18(16)20/h12-15,17-19,25-26,28,30-31,33-45,49-50,52H,11,16,20-24H2,1-10H3;4,15-18H,5-12H2,1-3H3. The van der Waals surface area contributed by atoms with Crippen LogP contribution in [-0.4, -0.2) is 157 Å². The zero-order valence-electron chi connectivity index (χ0n) is 53.5. The predicted molar refractivity (Wildman–Crippen MR) is 320 cm³/mol. The molecule has 0 aromatic carbocycles. The second-order valence-electron chi connectivity index (χ2n) is 28.1. The Morgan fingerprint density at radius 3 is 2.26 bits per heavy atom. The summed E-state index contributed by atoms with van der Waals surface area (Å²) in [7, 11) is 3.22. The maximum Gasteiger partial charge on any atom is 0.316 e. The lowest BCUT2D eigenvalue weighted by molar-refractivity contribution is -0.318. The van der Waals surface area contributed by atoms with Gasteiger partial charge in [-0.15, -0.1) is 0 Å². The Balaban J connectivity index is 0.000000282. The molecular weight excluding hydrogens is 1100 g/mol. The highest BCUT2D eigenvalue weighted by molar-refractivity contribution is 5.87. The zero-order valence-corrected chi connectivity index (χ0v) is 53.5. The molecule has 3 N–H and O–H groups in total. The average Bonchev–Trinajstić information content (AvgIpc) is 1.46. The van der Waals surface area contributed by atoms with Gasteiger partial charge in [0.25, 0.3) is 0 Å². The monoisotopic (exact) mass is 1200 g/mol. The lowest BCUT2D eigenvalue weighted by Crippen LogP contribution is -2.58. The first-order valence-corrected chi connectivity index (χ1v) is 32.6. The molecule has 11 aliphatic rings. The van der Waals surface area contributed by atoms with Crippen LogP contribution in [0.15, 0.2) is 70.9 Å². The summed E-state index contributed by atoms with van der Waals surface area (Å²) in [5.41, 5.74) is 1.87. The Morgan fingerprint density at radius 2 is 1.52 bits per heavy atom. The molecule has 5 aliphatic carbocycles. The van der Waals surface area contributed by atoms with Crippen LogP contribution in [0.1, 0.15) is 166 Å². The molecule has 0 radical (unpaired) electrons. The average molecular weight is 1200 g/mol. The summed E-state index contributed by atoms with van der Waals surface area (Å²) in [6.07, 6.45) is 19.4. The van der Waals surface area contributed by atoms with Crippen molar-refractivity contribution in [3.8, 4) is 0 Å². The zero-order chi connectivity index (χ0) is 61.8. The number of ketones is 1. The molecule has 26 atom stereocenters. The van der Waals surface area contributed by atoms with E-state index in [0.717, 1.165) is 56.9 Å². The van der Waals surface area contributed by atoms with Gasteiger partial charge in [-0.05, 0) is 125 Å². The molecule has 480 valence electrons. The van der Waals surface area contributed by atoms with E-state index < -0.39 is 90.8 Å². The Kier molecular flexibility index (Phi) is 20.1. The van der Waals surface area contributed by atoms with Crippen molar-refractivity contribution in [2.24, 2.45) is 52.3 Å². The van der Waals surface area contributed by atoms with E-state index in [9.17, 15) is 29.7 Å². The Morgan fingerprint density at radius 1 is 0.814 bits per heavy atom. The molecule has 0 aromatic rings. The van der Waals surface area contributed by atoms with Gasteiger partial charge in [-0.2, -0.15) is 0 Å². The van der Waals surface area contributed by atoms with Crippen molar-refractivity contribution in [2.75, 3.05) is 20.8 Å². The molecule has 4 saturated heterocycles. The lowest BCUT2D eigenvalue weighted by atomic mass is 9.48. The van der Waals surface area contributed by atoms with Gasteiger partial charge in [0.1, 0.15) is 53.9 Å². The molecule has 6 aliphatic heterocycles. The second-order valence-corrected chi connectivity index (χ2v) is 28.1. The van der Waals surface area contributed by atoms with Gasteiger partial charge in [-0.25, -0.2) is 0 Å². The minimum Gasteiger partial charge on any atom is -0.462 e. The van der Waals surface area contributed by atoms with Crippen LogP contribution in [0, 0.1) is 52.3 Å². The third-order valence-corrected chi connectivity index (χ3v) is 22.6. The van der Waals surface area contributed by atoms with Crippen molar-refractivity contribution in [3.63, 3.8) is 0 Å². The van der Waals surface area contributed by atoms with E-state index in [1.165, 1.54) is 18.9 Å². The summed E-state index contributed by atoms with van der Waals surface area (Å²) in [6, 6.07) is 0. The van der Waals surface area contributed by atoms with E-state index in [1.54, 1.807) is 40.2 Å². The highest BCUT2D eigenvalue weighted by Crippen LogP contribution is 2.64. The van der Waals surface area contributed by atoms with Crippen molar-refractivity contribution in [1.29, 1.82) is 0 Å². The first-order chi connectivity index (χ1) is 40.8. The molecule has 0 aromatic heterocycles. The molecule has 6 heterocycles. The quantitative estimate of drug-likeness (QED) is 0.145. The van der Waals surface area contributed by atoms with Crippen LogP contribution in [0.4, 0.5) is 0 Å². The first-order valence-electron chi connectivity index (χ1n) is 32.6. The van der Waals surface area contributed by atoms with Crippen LogP contribution in [0.2, 0.25) is 0 Å². The van der Waals surface area contributed by atoms with Crippen LogP contribution < -0.4 is 0 Å². The largest absolute Gasteiger partial charge is 0.462 e. The third-order valence-electron chi connectivity index (χ3n) is 22.6. The molecule has 7 fully saturated rings. The number of carbonyl (C=O) groups excluding carboxylic acids is 3. The molecule has 2 bridgehead atoms. The topological polar surface area (TPSA) is 213 Å². The van der Waals surface area contributed by atoms with E-state index in [2.05, 4.69) is 59.8 Å². The molecule has 0 amide bonds. The van der Waals surface area contributed by atoms with Crippen molar-refractivity contribution in [2.45, 2.75) is 269 Å². The van der Waals surface area contributed by atoms with Gasteiger partial charge in [0.05, 0.1) is 49.3 Å². The molecule has 86 heavy (non-hydrogen) atoms. The van der Waals surface area contributed by atoms with Gasteiger partial charge in [0.2, 0.25) is 0 Å². The van der Waals surface area contributed by atoms with Gasteiger partial charge < -0.3 is 67.4 Å². The number of ether oxygens (including phenoxy) is 11. The number of hydrogen-bond acceptors (Lipinski definition) is 17. The number of Topliss-reactive ketones (excluding diaryl/α,β-unsaturated/α-hetero) is 1. The smallest absolute Gasteiger partial charge is 0.316 e. The highest BCUT2D eigenvalue weighted by atomic mass is 16.7. The summed E-state index contributed by atoms with van der Waals surface area (Å²) in [6.45, 7) is 22.3. The fraction of sp³-hybridized carbons (Fsp3) is 0.783. The molecular formula is C69H102O17. The van der Waals surface area contributed by atoms with Crippen molar-refractivity contribution in [1.82, 2.24) is 0 Å². The van der Waals surface area contributed by atoms with Crippen LogP contribution in [0.3, 0.4) is 0 Å². The maximum atomic E-state index is 14.3. The number of aliphatic hydroxyl groups excluding tert-OH is 2. The van der Waals surface area contributed by atoms with Gasteiger partial charge >= 0.3 is 11.9 Å². The van der Waals surface area contributed by atoms with E-state index >= 15 is 0 Å². The van der Waals surface area contributed by atoms with E-state index in [1.807, 2.05) is 32.1 Å². The summed E-state index contributed by atoms with van der Waals surface area (Å²) in [4.78, 5) is 38.1. The number of carbonyl (C=O) groups is 3. The summed E-state index contributed by atoms with van der Waals surface area (Å²) in [5, 5.41) is 34.2. The summed E-state index contributed by atoms with van der Waals surface area (Å²) in [5.74, 6) is -0.231. The number of aliphatic hydroxyl groups is 3. The number of rotatable bonds is 9. The number of methoxy groups -OCH3 is 2. The van der Waals surface area contributed by atoms with E-state index in [-0.39, 0.29) is 65.6 Å². The molecule has 26 unspecified atom stereocenters. The van der Waals surface area contributed by atoms with Gasteiger partial charge in [-0.1, -0.05) is 96.1 Å². The number of allylic oxidation sites excluding steroid dienone is 3. The fourth-order valence-corrected chi connectivity index (χ4v) is 17.3. The van der Waals surface area contributed by atoms with Gasteiger partial charge in [0, 0.05) is 76.9 Å². The summed E-state index contributed by atoms with van der Waals surface area (Å²) >= 11 is 0. The molecule has 1 spiro atoms. The van der Waals surface area contributed by atoms with Crippen molar-refractivity contribution >= 4 is 17.7 Å². The van der Waals surface area contributed by atoms with E-state index in [4.69, 9.17) is 52.1 Å². The molecule has 17 heteroatoms. The minimum absolute atomic E-state index is 0.0317. The van der Waals surface area contributed by atoms with Gasteiger partial charge in [0.15, 0.2) is 18.4 Å². The Labute approximate surface area is 510 Å². The lowest BCUT2D eigenvalue weighted by Gasteiger charge is -2.56. The van der Waals surface area contributed by atoms with E-state index in [0.29, 0.717) is 66.8 Å². The maximum absolute atomic E-state index is 14.3. The molecule has 3 saturated carbocycles. The predicted octanol–water partition coefficient (Wildman–Crippen LogP) is 9.83. The normalized spacial score (nSPS) is 47.0. The van der Waals surface area contributed by atoms with Gasteiger partial charge in [-0.3, -0.25) is 14.4 Å². The Bertz CT molecular complexity index is 2640. The molecule has 11 rings (SSSR count). The summed E-state index contributed by atoms with van der Waals surface area (Å²) < 4.78 is 69.2. The number of hydrogen-bond donors (Lipinski definition) is 3. The Hall–Kier alpha value is -3.43. The van der Waals surface area contributed by atoms with Crippen LogP contribution in [-0.2, 0) is 66.5 Å². The van der Waals surface area contributed by atoms with Crippen LogP contribution >= 0.6 is 0 Å². The van der Waals surface area contributed by atoms with Crippen LogP contribution in [0.25, 0.3) is 0 Å². The van der Waals surface area contributed by atoms with Crippen molar-refractivity contribution < 1.29 is 81.8 Å². The highest BCUT2D eigenvalue weighted by Gasteiger charge is 2.61. The van der Waals surface area contributed by atoms with Crippen molar-refractivity contribution in [3.05, 3.63) is 70.9 Å². The SMILES string of the molecule is CC(=O)OC1CCC2(C)C(=CCC3C4CCC(=O)C4(C)CCC32)C1.CCC(C)C1OC2(C=CC1C)CC1CC(CC=C(C)C(OC3CC(OC)C(OC4CC(OC)C(O)C(C)O4)C(C)O3)C(C)C=CC=C3COC4C(O)C(C)=CC(C(=O)O1)C34O)O2. The number of fused-ring (bicyclic) bond motifs is 7.